The molecule has 25 heavy (non-hydrogen) atoms. The molecule has 1 aromatic carbocycles. The normalized spacial score (nSPS) is 10.2. The molecule has 2 rings (SSSR count). The summed E-state index contributed by atoms with van der Waals surface area (Å²) in [5.41, 5.74) is 4.93. The van der Waals surface area contributed by atoms with E-state index in [4.69, 9.17) is 11.6 Å². The van der Waals surface area contributed by atoms with Gasteiger partial charge in [0, 0.05) is 23.7 Å². The van der Waals surface area contributed by atoms with Gasteiger partial charge in [0.1, 0.15) is 6.33 Å². The third-order valence-electron chi connectivity index (χ3n) is 3.45. The lowest BCUT2D eigenvalue weighted by molar-refractivity contribution is -0.383. The second-order valence-electron chi connectivity index (χ2n) is 4.91. The summed E-state index contributed by atoms with van der Waals surface area (Å²) >= 11 is 5.78. The molecule has 0 saturated carbocycles. The highest BCUT2D eigenvalue weighted by atomic mass is 35.5. The van der Waals surface area contributed by atoms with Gasteiger partial charge >= 0.3 is 5.69 Å². The molecule has 0 atom stereocenters. The fourth-order valence-corrected chi connectivity index (χ4v) is 2.30. The van der Waals surface area contributed by atoms with Gasteiger partial charge in [-0.25, -0.2) is 9.97 Å². The van der Waals surface area contributed by atoms with Crippen molar-refractivity contribution in [2.24, 2.45) is 0 Å². The predicted molar refractivity (Wildman–Crippen MR) is 94.8 cm³/mol. The summed E-state index contributed by atoms with van der Waals surface area (Å²) < 4.78 is 0. The number of hydrogen-bond acceptors (Lipinski definition) is 7. The minimum absolute atomic E-state index is 0.0933. The monoisotopic (exact) mass is 364 g/mol. The molecule has 1 aromatic heterocycles. The third-order valence-corrected chi connectivity index (χ3v) is 3.70. The molecular weight excluding hydrogens is 348 g/mol. The van der Waals surface area contributed by atoms with Crippen molar-refractivity contribution in [2.45, 2.75) is 13.8 Å². The molecule has 10 heteroatoms. The van der Waals surface area contributed by atoms with Gasteiger partial charge in [0.2, 0.25) is 11.6 Å². The van der Waals surface area contributed by atoms with Gasteiger partial charge in [-0.15, -0.1) is 0 Å². The smallest absolute Gasteiger partial charge is 0.351 e. The standard InChI is InChI=1S/C15H17ClN6O3/c1-3-21(4-2)14-12(22(24)25)13(17-9-18-14)19-20-15(23)10-5-7-11(16)8-6-10/h5-9H,3-4H2,1-2H3,(H,20,23)(H,17,18,19). The lowest BCUT2D eigenvalue weighted by atomic mass is 10.2. The molecule has 0 aliphatic carbocycles. The lowest BCUT2D eigenvalue weighted by Gasteiger charge is -2.20. The summed E-state index contributed by atoms with van der Waals surface area (Å²) in [5, 5.41) is 12.0. The maximum atomic E-state index is 12.1. The van der Waals surface area contributed by atoms with Crippen LogP contribution in [0.15, 0.2) is 30.6 Å². The first-order chi connectivity index (χ1) is 12.0. The maximum Gasteiger partial charge on any atom is 0.355 e. The molecule has 0 unspecified atom stereocenters. The number of nitro groups is 1. The van der Waals surface area contributed by atoms with Gasteiger partial charge in [-0.1, -0.05) is 11.6 Å². The Morgan fingerprint density at radius 3 is 2.44 bits per heavy atom. The molecule has 9 nitrogen and oxygen atoms in total. The zero-order valence-electron chi connectivity index (χ0n) is 13.7. The predicted octanol–water partition coefficient (Wildman–Crippen LogP) is 2.64. The van der Waals surface area contributed by atoms with Crippen molar-refractivity contribution in [3.8, 4) is 0 Å². The molecule has 1 amide bonds. The average Bonchev–Trinajstić information content (AvgIpc) is 2.61. The lowest BCUT2D eigenvalue weighted by Crippen LogP contribution is -2.31. The Morgan fingerprint density at radius 1 is 1.24 bits per heavy atom. The van der Waals surface area contributed by atoms with Gasteiger partial charge in [-0.3, -0.25) is 25.8 Å². The van der Waals surface area contributed by atoms with Gasteiger partial charge in [0.15, 0.2) is 0 Å². The highest BCUT2D eigenvalue weighted by Gasteiger charge is 2.26. The number of nitrogens with zero attached hydrogens (tertiary/aromatic N) is 4. The molecule has 0 saturated heterocycles. The summed E-state index contributed by atoms with van der Waals surface area (Å²) in [6.45, 7) is 4.82. The topological polar surface area (TPSA) is 113 Å². The molecular formula is C15H17ClN6O3. The fourth-order valence-electron chi connectivity index (χ4n) is 2.17. The summed E-state index contributed by atoms with van der Waals surface area (Å²) in [6, 6.07) is 6.22. The first-order valence-electron chi connectivity index (χ1n) is 7.54. The number of carbonyl (C=O) groups is 1. The van der Waals surface area contributed by atoms with E-state index in [0.29, 0.717) is 23.7 Å². The highest BCUT2D eigenvalue weighted by molar-refractivity contribution is 6.30. The Hall–Kier alpha value is -2.94. The molecule has 0 fully saturated rings. The minimum atomic E-state index is -0.579. The second kappa shape index (κ2) is 8.25. The van der Waals surface area contributed by atoms with E-state index < -0.39 is 10.8 Å². The van der Waals surface area contributed by atoms with E-state index in [1.165, 1.54) is 18.5 Å². The number of aromatic nitrogens is 2. The molecule has 2 aromatic rings. The summed E-state index contributed by atoms with van der Waals surface area (Å²) in [4.78, 5) is 32.6. The highest BCUT2D eigenvalue weighted by Crippen LogP contribution is 2.31. The summed E-state index contributed by atoms with van der Waals surface area (Å²) in [7, 11) is 0. The van der Waals surface area contributed by atoms with Crippen molar-refractivity contribution in [1.29, 1.82) is 0 Å². The van der Waals surface area contributed by atoms with E-state index in [2.05, 4.69) is 20.8 Å². The van der Waals surface area contributed by atoms with E-state index in [0.717, 1.165) is 0 Å². The Kier molecular flexibility index (Phi) is 6.07. The van der Waals surface area contributed by atoms with Crippen LogP contribution in [0.25, 0.3) is 0 Å². The van der Waals surface area contributed by atoms with Crippen LogP contribution in [0.3, 0.4) is 0 Å². The minimum Gasteiger partial charge on any atom is -0.351 e. The molecule has 2 N–H and O–H groups in total. The van der Waals surface area contributed by atoms with Crippen molar-refractivity contribution in [3.05, 3.63) is 51.3 Å². The number of amides is 1. The van der Waals surface area contributed by atoms with Gasteiger partial charge in [-0.2, -0.15) is 0 Å². The Bertz CT molecular complexity index is 764. The van der Waals surface area contributed by atoms with E-state index in [1.54, 1.807) is 17.0 Å². The Balaban J connectivity index is 2.24. The van der Waals surface area contributed by atoms with E-state index in [9.17, 15) is 14.9 Å². The van der Waals surface area contributed by atoms with Gasteiger partial charge in [-0.05, 0) is 38.1 Å². The van der Waals surface area contributed by atoms with Crippen LogP contribution in [0.4, 0.5) is 17.3 Å². The molecule has 132 valence electrons. The van der Waals surface area contributed by atoms with E-state index in [-0.39, 0.29) is 17.3 Å². The fraction of sp³-hybridized carbons (Fsp3) is 0.267. The van der Waals surface area contributed by atoms with Crippen LogP contribution in [0.5, 0.6) is 0 Å². The number of nitrogens with one attached hydrogen (secondary N) is 2. The van der Waals surface area contributed by atoms with Gasteiger partial charge < -0.3 is 4.90 Å². The van der Waals surface area contributed by atoms with Crippen LogP contribution < -0.4 is 15.8 Å². The van der Waals surface area contributed by atoms with Crippen LogP contribution in [0, 0.1) is 10.1 Å². The zero-order valence-corrected chi connectivity index (χ0v) is 14.4. The molecule has 0 radical (unpaired) electrons. The van der Waals surface area contributed by atoms with Gasteiger partial charge in [0.05, 0.1) is 4.92 Å². The number of carbonyl (C=O) groups excluding carboxylic acids is 1. The van der Waals surface area contributed by atoms with Crippen LogP contribution in [-0.2, 0) is 0 Å². The molecule has 0 spiro atoms. The molecule has 0 aliphatic rings. The van der Waals surface area contributed by atoms with E-state index in [1.807, 2.05) is 13.8 Å². The summed E-state index contributed by atoms with van der Waals surface area (Å²) in [5.74, 6) is -0.383. The van der Waals surface area contributed by atoms with Crippen LogP contribution >= 0.6 is 11.6 Å². The summed E-state index contributed by atoms with van der Waals surface area (Å²) in [6.07, 6.45) is 1.21. The number of rotatable bonds is 7. The van der Waals surface area contributed by atoms with Crippen LogP contribution in [-0.4, -0.2) is 33.9 Å². The molecule has 0 bridgehead atoms. The third kappa shape index (κ3) is 4.32. The second-order valence-corrected chi connectivity index (χ2v) is 5.35. The Morgan fingerprint density at radius 2 is 1.88 bits per heavy atom. The first kappa shape index (κ1) is 18.4. The number of halogens is 1. The molecule has 0 aliphatic heterocycles. The number of hydrogen-bond donors (Lipinski definition) is 2. The molecule has 1 heterocycles. The first-order valence-corrected chi connectivity index (χ1v) is 7.92. The SMILES string of the molecule is CCN(CC)c1ncnc(NNC(=O)c2ccc(Cl)cc2)c1[N+](=O)[O-]. The number of benzene rings is 1. The number of anilines is 2. The maximum absolute atomic E-state index is 12.1. The van der Waals surface area contributed by atoms with Crippen LogP contribution in [0.2, 0.25) is 5.02 Å². The number of hydrazine groups is 1. The quantitative estimate of drug-likeness (QED) is 0.573. The van der Waals surface area contributed by atoms with Crippen LogP contribution in [0.1, 0.15) is 24.2 Å². The van der Waals surface area contributed by atoms with E-state index >= 15 is 0 Å². The van der Waals surface area contributed by atoms with Crippen molar-refractivity contribution < 1.29 is 9.72 Å². The largest absolute Gasteiger partial charge is 0.355 e. The Labute approximate surface area is 149 Å². The van der Waals surface area contributed by atoms with Crippen molar-refractivity contribution in [3.63, 3.8) is 0 Å². The van der Waals surface area contributed by atoms with Crippen molar-refractivity contribution >= 4 is 34.8 Å². The average molecular weight is 365 g/mol. The van der Waals surface area contributed by atoms with Crippen molar-refractivity contribution in [1.82, 2.24) is 15.4 Å². The zero-order chi connectivity index (χ0) is 18.4. The van der Waals surface area contributed by atoms with Crippen molar-refractivity contribution in [2.75, 3.05) is 23.4 Å². The van der Waals surface area contributed by atoms with Gasteiger partial charge in [0.25, 0.3) is 5.91 Å².